The molecule has 0 unspecified atom stereocenters. The average molecular weight is 409 g/mol. The highest BCUT2D eigenvalue weighted by Gasteiger charge is 2.22. The molecule has 0 aliphatic carbocycles. The summed E-state index contributed by atoms with van der Waals surface area (Å²) in [5.74, 6) is 0.104. The van der Waals surface area contributed by atoms with Crippen molar-refractivity contribution in [3.05, 3.63) is 52.5 Å². The molecule has 0 atom stereocenters. The third-order valence-corrected chi connectivity index (χ3v) is 6.24. The van der Waals surface area contributed by atoms with Gasteiger partial charge in [0.25, 0.3) is 10.0 Å². The number of nitrogens with one attached hydrogen (secondary N) is 1. The van der Waals surface area contributed by atoms with E-state index in [1.54, 1.807) is 47.4 Å². The van der Waals surface area contributed by atoms with E-state index in [2.05, 4.69) is 20.7 Å². The van der Waals surface area contributed by atoms with Gasteiger partial charge in [0.05, 0.1) is 0 Å². The van der Waals surface area contributed by atoms with Gasteiger partial charge in [-0.25, -0.2) is 8.42 Å². The molecule has 3 rings (SSSR count). The minimum absolute atomic E-state index is 0.104. The summed E-state index contributed by atoms with van der Waals surface area (Å²) in [5.41, 5.74) is 2.22. The van der Waals surface area contributed by atoms with E-state index in [4.69, 9.17) is 0 Å². The summed E-state index contributed by atoms with van der Waals surface area (Å²) in [4.78, 5) is 13.7. The van der Waals surface area contributed by atoms with Gasteiger partial charge in [-0.3, -0.25) is 9.52 Å². The number of carbonyl (C=O) groups excluding carboxylic acids is 1. The summed E-state index contributed by atoms with van der Waals surface area (Å²) >= 11 is 3.30. The molecule has 5 nitrogen and oxygen atoms in total. The van der Waals surface area contributed by atoms with Gasteiger partial charge in [0.1, 0.15) is 4.90 Å². The summed E-state index contributed by atoms with van der Waals surface area (Å²) in [6.45, 7) is 2.60. The van der Waals surface area contributed by atoms with Crippen LogP contribution in [0.4, 0.5) is 11.4 Å². The highest BCUT2D eigenvalue weighted by atomic mass is 79.9. The molecule has 1 heterocycles. The van der Waals surface area contributed by atoms with E-state index < -0.39 is 10.0 Å². The number of anilines is 2. The Morgan fingerprint density at radius 3 is 2.42 bits per heavy atom. The zero-order valence-electron chi connectivity index (χ0n) is 13.1. The number of amides is 1. The molecule has 0 bridgehead atoms. The second-order valence-electron chi connectivity index (χ2n) is 5.74. The van der Waals surface area contributed by atoms with Gasteiger partial charge in [0, 0.05) is 28.8 Å². The first kappa shape index (κ1) is 17.0. The van der Waals surface area contributed by atoms with Gasteiger partial charge in [-0.05, 0) is 71.2 Å². The van der Waals surface area contributed by atoms with Gasteiger partial charge < -0.3 is 4.90 Å². The van der Waals surface area contributed by atoms with Gasteiger partial charge in [-0.15, -0.1) is 0 Å². The van der Waals surface area contributed by atoms with Gasteiger partial charge in [-0.1, -0.05) is 6.07 Å². The Hall–Kier alpha value is -1.86. The topological polar surface area (TPSA) is 66.5 Å². The molecule has 126 valence electrons. The number of nitrogens with zero attached hydrogens (tertiary/aromatic N) is 1. The lowest BCUT2D eigenvalue weighted by Crippen LogP contribution is -2.23. The third-order valence-electron chi connectivity index (χ3n) is 3.88. The Labute approximate surface area is 149 Å². The van der Waals surface area contributed by atoms with Crippen LogP contribution in [0.15, 0.2) is 51.8 Å². The van der Waals surface area contributed by atoms with E-state index in [0.717, 1.165) is 17.7 Å². The van der Waals surface area contributed by atoms with Crippen molar-refractivity contribution in [2.75, 3.05) is 16.2 Å². The molecule has 1 fully saturated rings. The molecule has 1 amide bonds. The predicted octanol–water partition coefficient (Wildman–Crippen LogP) is 3.69. The summed E-state index contributed by atoms with van der Waals surface area (Å²) < 4.78 is 28.1. The molecule has 2 aromatic rings. The molecule has 24 heavy (non-hydrogen) atoms. The van der Waals surface area contributed by atoms with Crippen LogP contribution in [-0.2, 0) is 14.8 Å². The number of halogens is 1. The van der Waals surface area contributed by atoms with Gasteiger partial charge in [0.2, 0.25) is 5.91 Å². The molecule has 0 aromatic heterocycles. The highest BCUT2D eigenvalue weighted by Crippen LogP contribution is 2.27. The van der Waals surface area contributed by atoms with Crippen molar-refractivity contribution >= 4 is 43.2 Å². The van der Waals surface area contributed by atoms with E-state index >= 15 is 0 Å². The number of sulfonamides is 1. The zero-order chi connectivity index (χ0) is 17.3. The fourth-order valence-electron chi connectivity index (χ4n) is 2.66. The molecule has 1 aliphatic rings. The third kappa shape index (κ3) is 3.47. The smallest absolute Gasteiger partial charge is 0.263 e. The van der Waals surface area contributed by atoms with Crippen molar-refractivity contribution in [1.29, 1.82) is 0 Å². The molecule has 1 N–H and O–H groups in total. The van der Waals surface area contributed by atoms with Crippen LogP contribution in [0.2, 0.25) is 0 Å². The first-order valence-electron chi connectivity index (χ1n) is 7.56. The van der Waals surface area contributed by atoms with E-state index in [-0.39, 0.29) is 10.8 Å². The zero-order valence-corrected chi connectivity index (χ0v) is 15.5. The van der Waals surface area contributed by atoms with Crippen LogP contribution < -0.4 is 9.62 Å². The lowest BCUT2D eigenvalue weighted by molar-refractivity contribution is -0.117. The molecular formula is C17H17BrN2O3S. The number of aryl methyl sites for hydroxylation is 1. The van der Waals surface area contributed by atoms with E-state index in [0.29, 0.717) is 23.1 Å². The molecular weight excluding hydrogens is 392 g/mol. The van der Waals surface area contributed by atoms with Gasteiger partial charge in [-0.2, -0.15) is 0 Å². The monoisotopic (exact) mass is 408 g/mol. The van der Waals surface area contributed by atoms with Crippen molar-refractivity contribution in [2.24, 2.45) is 0 Å². The largest absolute Gasteiger partial charge is 0.312 e. The number of rotatable bonds is 4. The van der Waals surface area contributed by atoms with Crippen LogP contribution in [-0.4, -0.2) is 20.9 Å². The molecule has 0 radical (unpaired) electrons. The lowest BCUT2D eigenvalue weighted by Gasteiger charge is -2.16. The van der Waals surface area contributed by atoms with Crippen LogP contribution in [0.3, 0.4) is 0 Å². The van der Waals surface area contributed by atoms with E-state index in [1.165, 1.54) is 0 Å². The second-order valence-corrected chi connectivity index (χ2v) is 8.24. The Morgan fingerprint density at radius 1 is 1.12 bits per heavy atom. The maximum Gasteiger partial charge on any atom is 0.263 e. The SMILES string of the molecule is Cc1ccc(S(=O)(=O)Nc2ccc(N3CCCC3=O)cc2)c(Br)c1. The fourth-order valence-corrected chi connectivity index (χ4v) is 4.92. The predicted molar refractivity (Wildman–Crippen MR) is 97.7 cm³/mol. The standard InChI is InChI=1S/C17H17BrN2O3S/c1-12-4-9-16(15(18)11-12)24(22,23)19-13-5-7-14(8-6-13)20-10-2-3-17(20)21/h4-9,11,19H,2-3,10H2,1H3. The molecule has 7 heteroatoms. The van der Waals surface area contributed by atoms with Crippen molar-refractivity contribution in [2.45, 2.75) is 24.7 Å². The number of benzene rings is 2. The maximum atomic E-state index is 12.5. The Kier molecular flexibility index (Phi) is 4.64. The molecule has 0 spiro atoms. The Balaban J connectivity index is 1.81. The molecule has 1 saturated heterocycles. The van der Waals surface area contributed by atoms with Crippen molar-refractivity contribution in [3.8, 4) is 0 Å². The first-order valence-corrected chi connectivity index (χ1v) is 9.84. The van der Waals surface area contributed by atoms with Crippen LogP contribution in [0.1, 0.15) is 18.4 Å². The van der Waals surface area contributed by atoms with Crippen molar-refractivity contribution in [1.82, 2.24) is 0 Å². The van der Waals surface area contributed by atoms with E-state index in [1.807, 2.05) is 6.92 Å². The van der Waals surface area contributed by atoms with E-state index in [9.17, 15) is 13.2 Å². The fraction of sp³-hybridized carbons (Fsp3) is 0.235. The minimum Gasteiger partial charge on any atom is -0.312 e. The number of hydrogen-bond donors (Lipinski definition) is 1. The summed E-state index contributed by atoms with van der Waals surface area (Å²) in [6.07, 6.45) is 1.42. The second kappa shape index (κ2) is 6.57. The molecule has 0 saturated carbocycles. The number of carbonyl (C=O) groups is 1. The Morgan fingerprint density at radius 2 is 1.83 bits per heavy atom. The maximum absolute atomic E-state index is 12.5. The van der Waals surface area contributed by atoms with Crippen LogP contribution in [0, 0.1) is 6.92 Å². The quantitative estimate of drug-likeness (QED) is 0.838. The van der Waals surface area contributed by atoms with Crippen LogP contribution in [0.5, 0.6) is 0 Å². The average Bonchev–Trinajstić information content (AvgIpc) is 2.93. The van der Waals surface area contributed by atoms with Crippen LogP contribution in [0.25, 0.3) is 0 Å². The highest BCUT2D eigenvalue weighted by molar-refractivity contribution is 9.10. The summed E-state index contributed by atoms with van der Waals surface area (Å²) in [6, 6.07) is 11.9. The Bertz CT molecular complexity index is 879. The first-order chi connectivity index (χ1) is 11.4. The minimum atomic E-state index is -3.68. The van der Waals surface area contributed by atoms with Crippen LogP contribution >= 0.6 is 15.9 Å². The number of hydrogen-bond acceptors (Lipinski definition) is 3. The van der Waals surface area contributed by atoms with Gasteiger partial charge in [0.15, 0.2) is 0 Å². The van der Waals surface area contributed by atoms with Gasteiger partial charge >= 0.3 is 0 Å². The molecule has 1 aliphatic heterocycles. The summed E-state index contributed by atoms with van der Waals surface area (Å²) in [5, 5.41) is 0. The lowest BCUT2D eigenvalue weighted by atomic mass is 10.2. The summed E-state index contributed by atoms with van der Waals surface area (Å²) in [7, 11) is -3.68. The normalized spacial score (nSPS) is 14.9. The van der Waals surface area contributed by atoms with Crippen molar-refractivity contribution < 1.29 is 13.2 Å². The molecule has 2 aromatic carbocycles. The van der Waals surface area contributed by atoms with Crippen molar-refractivity contribution in [3.63, 3.8) is 0 Å².